The van der Waals surface area contributed by atoms with Crippen LogP contribution in [-0.2, 0) is 11.2 Å². The normalized spacial score (nSPS) is 14.1. The number of hydrogen-bond donors (Lipinski definition) is 0. The van der Waals surface area contributed by atoms with E-state index in [9.17, 15) is 4.55 Å². The molecular weight excluding hydrogens is 144 g/mol. The van der Waals surface area contributed by atoms with E-state index in [0.29, 0.717) is 5.25 Å². The minimum absolute atomic E-state index is 0.344. The molecule has 0 aliphatic carbocycles. The van der Waals surface area contributed by atoms with Crippen molar-refractivity contribution >= 4 is 11.2 Å². The third-order valence-corrected chi connectivity index (χ3v) is 3.22. The number of rotatable bonds is 5. The van der Waals surface area contributed by atoms with Crippen molar-refractivity contribution < 1.29 is 4.55 Å². The van der Waals surface area contributed by atoms with Crippen LogP contribution in [0.2, 0.25) is 0 Å². The lowest BCUT2D eigenvalue weighted by Crippen LogP contribution is -2.17. The van der Waals surface area contributed by atoms with Crippen molar-refractivity contribution in [2.75, 3.05) is 5.75 Å². The molecule has 0 saturated carbocycles. The summed E-state index contributed by atoms with van der Waals surface area (Å²) in [6.45, 7) is 6.20. The Morgan fingerprint density at radius 1 is 1.30 bits per heavy atom. The highest BCUT2D eigenvalue weighted by atomic mass is 32.2. The van der Waals surface area contributed by atoms with Crippen LogP contribution < -0.4 is 0 Å². The molecule has 62 valence electrons. The van der Waals surface area contributed by atoms with Gasteiger partial charge >= 0.3 is 0 Å². The molecule has 1 atom stereocenters. The Balaban J connectivity index is 3.13. The molecule has 0 saturated heterocycles. The Labute approximate surface area is 67.4 Å². The molecule has 0 aliphatic rings. The zero-order valence-corrected chi connectivity index (χ0v) is 8.04. The second-order valence-electron chi connectivity index (χ2n) is 2.84. The fraction of sp³-hybridized carbons (Fsp3) is 1.00. The quantitative estimate of drug-likeness (QED) is 0.449. The van der Waals surface area contributed by atoms with E-state index in [1.54, 1.807) is 0 Å². The lowest BCUT2D eigenvalue weighted by Gasteiger charge is -2.13. The third kappa shape index (κ3) is 5.12. The second-order valence-corrected chi connectivity index (χ2v) is 4.95. The fourth-order valence-corrected chi connectivity index (χ4v) is 1.69. The molecule has 0 radical (unpaired) electrons. The van der Waals surface area contributed by atoms with Crippen LogP contribution in [0, 0.1) is 0 Å². The van der Waals surface area contributed by atoms with Gasteiger partial charge < -0.3 is 4.55 Å². The van der Waals surface area contributed by atoms with E-state index in [0.717, 1.165) is 12.2 Å². The van der Waals surface area contributed by atoms with Crippen molar-refractivity contribution in [3.05, 3.63) is 0 Å². The molecule has 2 heteroatoms. The van der Waals surface area contributed by atoms with Crippen molar-refractivity contribution in [2.24, 2.45) is 0 Å². The number of hydrogen-bond acceptors (Lipinski definition) is 1. The van der Waals surface area contributed by atoms with Crippen LogP contribution >= 0.6 is 0 Å². The van der Waals surface area contributed by atoms with Gasteiger partial charge in [-0.1, -0.05) is 24.5 Å². The Hall–Kier alpha value is 0.310. The standard InChI is InChI=1S/C8H18OS/c1-4-5-6-7-10(9)8(2)3/h8H,4-7H2,1-3H3. The predicted molar refractivity (Wildman–Crippen MR) is 47.7 cm³/mol. The fourth-order valence-electron chi connectivity index (χ4n) is 0.730. The van der Waals surface area contributed by atoms with E-state index < -0.39 is 11.2 Å². The van der Waals surface area contributed by atoms with Crippen LogP contribution in [0.4, 0.5) is 0 Å². The van der Waals surface area contributed by atoms with Crippen molar-refractivity contribution in [3.63, 3.8) is 0 Å². The first kappa shape index (κ1) is 10.3. The Morgan fingerprint density at radius 2 is 1.90 bits per heavy atom. The van der Waals surface area contributed by atoms with Crippen LogP contribution in [0.5, 0.6) is 0 Å². The number of unbranched alkanes of at least 4 members (excludes halogenated alkanes) is 2. The largest absolute Gasteiger partial charge is 0.616 e. The minimum atomic E-state index is -0.573. The van der Waals surface area contributed by atoms with E-state index in [2.05, 4.69) is 6.92 Å². The van der Waals surface area contributed by atoms with E-state index in [1.165, 1.54) is 12.8 Å². The van der Waals surface area contributed by atoms with Crippen LogP contribution in [0.3, 0.4) is 0 Å². The molecule has 0 aromatic heterocycles. The maximum atomic E-state index is 11.1. The molecule has 0 N–H and O–H groups in total. The van der Waals surface area contributed by atoms with Gasteiger partial charge in [0.1, 0.15) is 11.0 Å². The van der Waals surface area contributed by atoms with Crippen molar-refractivity contribution in [2.45, 2.75) is 45.3 Å². The average Bonchev–Trinajstić information content (AvgIpc) is 1.88. The maximum Gasteiger partial charge on any atom is 0.110 e. The molecule has 0 aliphatic heterocycles. The maximum absolute atomic E-state index is 11.1. The summed E-state index contributed by atoms with van der Waals surface area (Å²) in [6, 6.07) is 0. The first-order chi connectivity index (χ1) is 4.68. The molecule has 1 nitrogen and oxygen atoms in total. The summed E-state index contributed by atoms with van der Waals surface area (Å²) >= 11 is -0.573. The van der Waals surface area contributed by atoms with Crippen LogP contribution in [0.25, 0.3) is 0 Å². The summed E-state index contributed by atoms with van der Waals surface area (Å²) in [5, 5.41) is 0.344. The van der Waals surface area contributed by atoms with E-state index in [1.807, 2.05) is 13.8 Å². The van der Waals surface area contributed by atoms with Gasteiger partial charge in [0, 0.05) is 0 Å². The van der Waals surface area contributed by atoms with Crippen LogP contribution in [0.1, 0.15) is 40.0 Å². The van der Waals surface area contributed by atoms with Gasteiger partial charge in [0.25, 0.3) is 0 Å². The summed E-state index contributed by atoms with van der Waals surface area (Å²) in [6.07, 6.45) is 3.56. The molecule has 0 rings (SSSR count). The third-order valence-electron chi connectivity index (χ3n) is 1.47. The van der Waals surface area contributed by atoms with Gasteiger partial charge in [-0.05, 0) is 26.7 Å². The molecule has 10 heavy (non-hydrogen) atoms. The molecule has 0 amide bonds. The first-order valence-corrected chi connectivity index (χ1v) is 5.43. The van der Waals surface area contributed by atoms with Crippen LogP contribution in [0.15, 0.2) is 0 Å². The Kier molecular flexibility index (Phi) is 6.24. The van der Waals surface area contributed by atoms with Crippen LogP contribution in [-0.4, -0.2) is 15.6 Å². The monoisotopic (exact) mass is 162 g/mol. The van der Waals surface area contributed by atoms with Crippen molar-refractivity contribution in [3.8, 4) is 0 Å². The summed E-state index contributed by atoms with van der Waals surface area (Å²) in [5.41, 5.74) is 0. The molecule has 0 heterocycles. The summed E-state index contributed by atoms with van der Waals surface area (Å²) in [5.74, 6) is 0.894. The zero-order valence-electron chi connectivity index (χ0n) is 7.22. The van der Waals surface area contributed by atoms with Gasteiger partial charge in [-0.2, -0.15) is 0 Å². The van der Waals surface area contributed by atoms with Crippen molar-refractivity contribution in [1.29, 1.82) is 0 Å². The Bertz CT molecular complexity index is 73.7. The molecular formula is C8H18OS. The predicted octanol–water partition coefficient (Wildman–Crippen LogP) is 2.33. The van der Waals surface area contributed by atoms with Crippen molar-refractivity contribution in [1.82, 2.24) is 0 Å². The highest BCUT2D eigenvalue weighted by Crippen LogP contribution is 2.05. The van der Waals surface area contributed by atoms with Gasteiger partial charge in [0.15, 0.2) is 0 Å². The lowest BCUT2D eigenvalue weighted by molar-refractivity contribution is 0.581. The molecule has 0 aromatic carbocycles. The second kappa shape index (κ2) is 6.05. The Morgan fingerprint density at radius 3 is 2.30 bits per heavy atom. The smallest absolute Gasteiger partial charge is 0.110 e. The molecule has 0 fully saturated rings. The average molecular weight is 162 g/mol. The topological polar surface area (TPSA) is 23.1 Å². The minimum Gasteiger partial charge on any atom is -0.616 e. The highest BCUT2D eigenvalue weighted by Gasteiger charge is 2.09. The van der Waals surface area contributed by atoms with E-state index in [-0.39, 0.29) is 0 Å². The molecule has 0 spiro atoms. The summed E-state index contributed by atoms with van der Waals surface area (Å²) in [4.78, 5) is 0. The summed E-state index contributed by atoms with van der Waals surface area (Å²) in [7, 11) is 0. The van der Waals surface area contributed by atoms with Gasteiger partial charge in [0.05, 0.1) is 0 Å². The highest BCUT2D eigenvalue weighted by molar-refractivity contribution is 7.91. The molecule has 0 aromatic rings. The molecule has 0 bridgehead atoms. The van der Waals surface area contributed by atoms with Gasteiger partial charge in [-0.15, -0.1) is 0 Å². The van der Waals surface area contributed by atoms with Gasteiger partial charge in [-0.25, -0.2) is 0 Å². The molecule has 1 unspecified atom stereocenters. The van der Waals surface area contributed by atoms with E-state index >= 15 is 0 Å². The van der Waals surface area contributed by atoms with Gasteiger partial charge in [0.2, 0.25) is 0 Å². The summed E-state index contributed by atoms with van der Waals surface area (Å²) < 4.78 is 11.1. The SMILES string of the molecule is CCCCC[S+]([O-])C(C)C. The lowest BCUT2D eigenvalue weighted by atomic mass is 10.3. The van der Waals surface area contributed by atoms with E-state index in [4.69, 9.17) is 0 Å². The van der Waals surface area contributed by atoms with Gasteiger partial charge in [-0.3, -0.25) is 0 Å². The zero-order chi connectivity index (χ0) is 7.98. The first-order valence-electron chi connectivity index (χ1n) is 4.05.